The number of carbonyl (C=O) groups is 2. The summed E-state index contributed by atoms with van der Waals surface area (Å²) in [4.78, 5) is 27.3. The van der Waals surface area contributed by atoms with Gasteiger partial charge in [-0.1, -0.05) is 12.1 Å². The number of hydrogen-bond donors (Lipinski definition) is 0. The Morgan fingerprint density at radius 3 is 2.19 bits per heavy atom. The monoisotopic (exact) mass is 377 g/mol. The van der Waals surface area contributed by atoms with E-state index in [4.69, 9.17) is 4.74 Å². The summed E-state index contributed by atoms with van der Waals surface area (Å²) < 4.78 is 28.8. The van der Waals surface area contributed by atoms with Gasteiger partial charge in [-0.3, -0.25) is 4.79 Å². The van der Waals surface area contributed by atoms with E-state index in [0.717, 1.165) is 25.5 Å². The summed E-state index contributed by atoms with van der Waals surface area (Å²) in [5.74, 6) is -0.921. The minimum Gasteiger partial charge on any atom is -0.451 e. The highest BCUT2D eigenvalue weighted by molar-refractivity contribution is 7.90. The number of esters is 1. The number of carbonyl (C=O) groups excluding carboxylic acids is 2. The average Bonchev–Trinajstić information content (AvgIpc) is 2.83. The molecule has 0 unspecified atom stereocenters. The zero-order valence-corrected chi connectivity index (χ0v) is 16.1. The zero-order chi connectivity index (χ0) is 19.1. The molecule has 0 N–H and O–H groups in total. The lowest BCUT2D eigenvalue weighted by Gasteiger charge is -2.27. The Morgan fingerprint density at radius 2 is 1.65 bits per heavy atom. The lowest BCUT2D eigenvalue weighted by molar-refractivity contribution is -0.146. The number of amides is 1. The maximum atomic E-state index is 13.0. The fourth-order valence-electron chi connectivity index (χ4n) is 3.55. The van der Waals surface area contributed by atoms with E-state index in [9.17, 15) is 18.0 Å². The summed E-state index contributed by atoms with van der Waals surface area (Å²) in [6.45, 7) is 4.75. The minimum atomic E-state index is -3.32. The van der Waals surface area contributed by atoms with Crippen molar-refractivity contribution in [3.05, 3.63) is 35.4 Å². The molecular weight excluding hydrogens is 354 g/mol. The topological polar surface area (TPSA) is 80.8 Å². The van der Waals surface area contributed by atoms with Crippen molar-refractivity contribution in [2.75, 3.05) is 19.3 Å². The van der Waals surface area contributed by atoms with Crippen LogP contribution in [0, 0.1) is 0 Å². The van der Waals surface area contributed by atoms with E-state index in [1.165, 1.54) is 12.1 Å². The molecule has 2 aliphatic heterocycles. The quantitative estimate of drug-likeness (QED) is 0.596. The number of cyclic esters (lactones) is 1. The lowest BCUT2D eigenvalue weighted by atomic mass is 9.88. The van der Waals surface area contributed by atoms with Gasteiger partial charge in [-0.05, 0) is 50.8 Å². The van der Waals surface area contributed by atoms with Gasteiger partial charge in [0, 0.05) is 24.9 Å². The normalized spacial score (nSPS) is 20.3. The fourth-order valence-corrected chi connectivity index (χ4v) is 4.18. The van der Waals surface area contributed by atoms with E-state index in [-0.39, 0.29) is 16.4 Å². The van der Waals surface area contributed by atoms with Crippen LogP contribution in [0.1, 0.15) is 38.7 Å². The summed E-state index contributed by atoms with van der Waals surface area (Å²) in [6, 6.07) is 6.22. The highest BCUT2D eigenvalue weighted by Crippen LogP contribution is 2.40. The van der Waals surface area contributed by atoms with Gasteiger partial charge in [-0.2, -0.15) is 0 Å². The molecule has 0 spiro atoms. The lowest BCUT2D eigenvalue weighted by Crippen LogP contribution is -2.37. The first-order valence-corrected chi connectivity index (χ1v) is 10.6. The number of likely N-dealkylation sites (tertiary alicyclic amines) is 1. The third-order valence-electron chi connectivity index (χ3n) is 4.83. The second-order valence-electron chi connectivity index (χ2n) is 7.30. The zero-order valence-electron chi connectivity index (χ0n) is 15.2. The molecule has 140 valence electrons. The Labute approximate surface area is 153 Å². The average molecular weight is 377 g/mol. The van der Waals surface area contributed by atoms with Gasteiger partial charge in [0.05, 0.1) is 4.90 Å². The van der Waals surface area contributed by atoms with Crippen LogP contribution in [0.4, 0.5) is 0 Å². The van der Waals surface area contributed by atoms with Gasteiger partial charge in [0.2, 0.25) is 0 Å². The molecule has 2 aliphatic rings. The smallest absolute Gasteiger partial charge is 0.345 e. The Hall–Kier alpha value is -2.15. The van der Waals surface area contributed by atoms with E-state index in [1.807, 2.05) is 0 Å². The molecule has 0 radical (unpaired) electrons. The van der Waals surface area contributed by atoms with Crippen LogP contribution < -0.4 is 0 Å². The molecule has 7 heteroatoms. The van der Waals surface area contributed by atoms with Crippen molar-refractivity contribution in [1.29, 1.82) is 0 Å². The maximum absolute atomic E-state index is 13.0. The fraction of sp³-hybridized carbons (Fsp3) is 0.474. The number of ether oxygens (including phenoxy) is 1. The standard InChI is InChI=1S/C19H23NO5S/c1-19(2)16(13-7-9-14(10-8-13)26(3,23)24)15(18(22)25-19)17(21)20-11-5-4-6-12-20/h7-10H,4-6,11-12H2,1-3H3. The van der Waals surface area contributed by atoms with Crippen molar-refractivity contribution < 1.29 is 22.7 Å². The number of hydrogen-bond acceptors (Lipinski definition) is 5. The molecule has 1 fully saturated rings. The maximum Gasteiger partial charge on any atom is 0.345 e. The van der Waals surface area contributed by atoms with Crippen LogP contribution in [0.3, 0.4) is 0 Å². The summed E-state index contributed by atoms with van der Waals surface area (Å²) >= 11 is 0. The Morgan fingerprint density at radius 1 is 1.08 bits per heavy atom. The Bertz CT molecular complexity index is 875. The largest absolute Gasteiger partial charge is 0.451 e. The molecule has 0 atom stereocenters. The van der Waals surface area contributed by atoms with E-state index in [2.05, 4.69) is 0 Å². The van der Waals surface area contributed by atoms with Crippen LogP contribution >= 0.6 is 0 Å². The van der Waals surface area contributed by atoms with Crippen LogP contribution in [-0.4, -0.2) is 50.1 Å². The van der Waals surface area contributed by atoms with Gasteiger partial charge < -0.3 is 9.64 Å². The summed E-state index contributed by atoms with van der Waals surface area (Å²) in [7, 11) is -3.32. The molecular formula is C19H23NO5S. The number of piperidine rings is 1. The third kappa shape index (κ3) is 3.40. The summed E-state index contributed by atoms with van der Waals surface area (Å²) in [5.41, 5.74) is 0.237. The molecule has 1 aromatic carbocycles. The first kappa shape index (κ1) is 18.6. The number of nitrogens with zero attached hydrogens (tertiary/aromatic N) is 1. The molecule has 2 heterocycles. The first-order valence-electron chi connectivity index (χ1n) is 8.69. The molecule has 26 heavy (non-hydrogen) atoms. The second-order valence-corrected chi connectivity index (χ2v) is 9.31. The van der Waals surface area contributed by atoms with Crippen molar-refractivity contribution in [1.82, 2.24) is 4.90 Å². The van der Waals surface area contributed by atoms with E-state index in [1.54, 1.807) is 30.9 Å². The molecule has 6 nitrogen and oxygen atoms in total. The van der Waals surface area contributed by atoms with Crippen molar-refractivity contribution in [3.63, 3.8) is 0 Å². The van der Waals surface area contributed by atoms with Crippen LogP contribution in [0.5, 0.6) is 0 Å². The minimum absolute atomic E-state index is 0.0593. The van der Waals surface area contributed by atoms with Gasteiger partial charge in [0.1, 0.15) is 11.2 Å². The highest BCUT2D eigenvalue weighted by atomic mass is 32.2. The van der Waals surface area contributed by atoms with Crippen LogP contribution in [0.25, 0.3) is 5.57 Å². The van der Waals surface area contributed by atoms with Gasteiger partial charge in [-0.25, -0.2) is 13.2 Å². The number of sulfone groups is 1. The molecule has 0 saturated carbocycles. The molecule has 0 bridgehead atoms. The first-order chi connectivity index (χ1) is 12.1. The molecule has 1 amide bonds. The molecule has 3 rings (SSSR count). The number of benzene rings is 1. The van der Waals surface area contributed by atoms with Crippen molar-refractivity contribution in [2.24, 2.45) is 0 Å². The van der Waals surface area contributed by atoms with E-state index >= 15 is 0 Å². The van der Waals surface area contributed by atoms with Gasteiger partial charge in [-0.15, -0.1) is 0 Å². The number of rotatable bonds is 3. The Balaban J connectivity index is 2.07. The third-order valence-corrected chi connectivity index (χ3v) is 5.96. The predicted molar refractivity (Wildman–Crippen MR) is 97.1 cm³/mol. The second kappa shape index (κ2) is 6.54. The van der Waals surface area contributed by atoms with Crippen molar-refractivity contribution in [2.45, 2.75) is 43.6 Å². The van der Waals surface area contributed by atoms with Crippen molar-refractivity contribution in [3.8, 4) is 0 Å². The van der Waals surface area contributed by atoms with Gasteiger partial charge >= 0.3 is 5.97 Å². The Kier molecular flexibility index (Phi) is 4.69. The molecule has 0 aromatic heterocycles. The molecule has 0 aliphatic carbocycles. The van der Waals surface area contributed by atoms with E-state index in [0.29, 0.717) is 24.2 Å². The van der Waals surface area contributed by atoms with Crippen molar-refractivity contribution >= 4 is 27.3 Å². The SMILES string of the molecule is CC1(C)OC(=O)C(C(=O)N2CCCCC2)=C1c1ccc(S(C)(=O)=O)cc1. The highest BCUT2D eigenvalue weighted by Gasteiger charge is 2.45. The molecule has 1 aromatic rings. The van der Waals surface area contributed by atoms with Gasteiger partial charge in [0.25, 0.3) is 5.91 Å². The van der Waals surface area contributed by atoms with Gasteiger partial charge in [0.15, 0.2) is 9.84 Å². The molecule has 1 saturated heterocycles. The van der Waals surface area contributed by atoms with Crippen LogP contribution in [0.2, 0.25) is 0 Å². The summed E-state index contributed by atoms with van der Waals surface area (Å²) in [6.07, 6.45) is 4.07. The van der Waals surface area contributed by atoms with E-state index < -0.39 is 21.4 Å². The van der Waals surface area contributed by atoms with Crippen LogP contribution in [0.15, 0.2) is 34.7 Å². The predicted octanol–water partition coefficient (Wildman–Crippen LogP) is 2.19. The van der Waals surface area contributed by atoms with Crippen LogP contribution in [-0.2, 0) is 24.2 Å². The summed E-state index contributed by atoms with van der Waals surface area (Å²) in [5, 5.41) is 0.